The standard InChI is InChI=1S/C16H21N5O3.2ClH/c1-9-7-11(19-13-12(9)15(23)21-16(24)20-13)14(22)18-6-4-10-3-2-5-17-8-10;;/h7,10,17H,2-6,8H2,1H3,(H,18,22)(H2,19,20,21,23,24);2*1H. The van der Waals surface area contributed by atoms with Crippen molar-refractivity contribution in [2.24, 2.45) is 5.92 Å². The summed E-state index contributed by atoms with van der Waals surface area (Å²) in [4.78, 5) is 44.2. The molecule has 1 fully saturated rings. The molecular weight excluding hydrogens is 381 g/mol. The first kappa shape index (κ1) is 22.1. The summed E-state index contributed by atoms with van der Waals surface area (Å²) in [5.41, 5.74) is -0.218. The zero-order valence-electron chi connectivity index (χ0n) is 14.4. The molecular formula is C16H23Cl2N5O3. The summed E-state index contributed by atoms with van der Waals surface area (Å²) in [6.07, 6.45) is 3.27. The number of pyridine rings is 1. The van der Waals surface area contributed by atoms with Crippen molar-refractivity contribution in [2.75, 3.05) is 19.6 Å². The van der Waals surface area contributed by atoms with Crippen molar-refractivity contribution in [1.29, 1.82) is 0 Å². The van der Waals surface area contributed by atoms with E-state index in [1.807, 2.05) is 0 Å². The van der Waals surface area contributed by atoms with Gasteiger partial charge in [0.2, 0.25) is 0 Å². The van der Waals surface area contributed by atoms with Crippen LogP contribution < -0.4 is 21.9 Å². The minimum atomic E-state index is -0.637. The number of nitrogens with one attached hydrogen (secondary N) is 4. The van der Waals surface area contributed by atoms with Gasteiger partial charge < -0.3 is 10.6 Å². The number of piperidine rings is 1. The fourth-order valence-electron chi connectivity index (χ4n) is 3.12. The fraction of sp³-hybridized carbons (Fsp3) is 0.500. The average molecular weight is 404 g/mol. The average Bonchev–Trinajstić information content (AvgIpc) is 2.54. The van der Waals surface area contributed by atoms with Crippen LogP contribution in [0.1, 0.15) is 35.3 Å². The first-order valence-electron chi connectivity index (χ1n) is 8.17. The molecule has 0 radical (unpaired) electrons. The molecule has 26 heavy (non-hydrogen) atoms. The van der Waals surface area contributed by atoms with Gasteiger partial charge in [-0.15, -0.1) is 24.8 Å². The smallest absolute Gasteiger partial charge is 0.327 e. The number of hydrogen-bond donors (Lipinski definition) is 4. The van der Waals surface area contributed by atoms with Crippen LogP contribution in [0.4, 0.5) is 0 Å². The zero-order chi connectivity index (χ0) is 17.1. The van der Waals surface area contributed by atoms with Crippen LogP contribution in [0.25, 0.3) is 11.0 Å². The van der Waals surface area contributed by atoms with E-state index in [1.54, 1.807) is 13.0 Å². The predicted molar refractivity (Wildman–Crippen MR) is 105 cm³/mol. The molecule has 1 saturated heterocycles. The minimum Gasteiger partial charge on any atom is -0.351 e. The molecule has 0 aliphatic carbocycles. The molecule has 10 heteroatoms. The summed E-state index contributed by atoms with van der Waals surface area (Å²) < 4.78 is 0. The number of carbonyl (C=O) groups is 1. The molecule has 1 unspecified atom stereocenters. The van der Waals surface area contributed by atoms with E-state index in [0.717, 1.165) is 19.5 Å². The lowest BCUT2D eigenvalue weighted by molar-refractivity contribution is 0.0946. The van der Waals surface area contributed by atoms with Crippen LogP contribution in [0.3, 0.4) is 0 Å². The quantitative estimate of drug-likeness (QED) is 0.603. The largest absolute Gasteiger partial charge is 0.351 e. The molecule has 144 valence electrons. The Balaban J connectivity index is 0.00000169. The maximum Gasteiger partial charge on any atom is 0.327 e. The van der Waals surface area contributed by atoms with Crippen LogP contribution in [-0.2, 0) is 0 Å². The monoisotopic (exact) mass is 403 g/mol. The van der Waals surface area contributed by atoms with E-state index >= 15 is 0 Å². The van der Waals surface area contributed by atoms with Gasteiger partial charge in [0.15, 0.2) is 0 Å². The first-order valence-corrected chi connectivity index (χ1v) is 8.17. The summed E-state index contributed by atoms with van der Waals surface area (Å²) in [5, 5.41) is 6.50. The molecule has 4 N–H and O–H groups in total. The van der Waals surface area contributed by atoms with Gasteiger partial charge in [0.05, 0.1) is 5.39 Å². The first-order chi connectivity index (χ1) is 11.5. The third-order valence-electron chi connectivity index (χ3n) is 4.37. The molecule has 8 nitrogen and oxygen atoms in total. The number of aryl methyl sites for hydroxylation is 1. The van der Waals surface area contributed by atoms with E-state index in [4.69, 9.17) is 0 Å². The van der Waals surface area contributed by atoms with Crippen LogP contribution in [0, 0.1) is 12.8 Å². The Morgan fingerprint density at radius 2 is 2.08 bits per heavy atom. The number of H-pyrrole nitrogens is 2. The Morgan fingerprint density at radius 1 is 1.31 bits per heavy atom. The lowest BCUT2D eigenvalue weighted by atomic mass is 9.96. The maximum atomic E-state index is 12.3. The minimum absolute atomic E-state index is 0. The van der Waals surface area contributed by atoms with E-state index in [0.29, 0.717) is 23.4 Å². The van der Waals surface area contributed by atoms with Gasteiger partial charge in [-0.25, -0.2) is 9.78 Å². The van der Waals surface area contributed by atoms with E-state index < -0.39 is 11.2 Å². The highest BCUT2D eigenvalue weighted by molar-refractivity contribution is 5.95. The number of hydrogen-bond acceptors (Lipinski definition) is 5. The molecule has 3 rings (SSSR count). The normalized spacial score (nSPS) is 16.4. The Hall–Kier alpha value is -1.90. The number of aromatic nitrogens is 3. The molecule has 2 aromatic rings. The number of fused-ring (bicyclic) bond motifs is 1. The number of nitrogens with zero attached hydrogens (tertiary/aromatic N) is 1. The summed E-state index contributed by atoms with van der Waals surface area (Å²) in [6, 6.07) is 1.56. The van der Waals surface area contributed by atoms with Gasteiger partial charge in [-0.05, 0) is 56.8 Å². The molecule has 1 aliphatic rings. The molecule has 0 bridgehead atoms. The highest BCUT2D eigenvalue weighted by Gasteiger charge is 2.15. The molecule has 1 atom stereocenters. The molecule has 0 spiro atoms. The van der Waals surface area contributed by atoms with Gasteiger partial charge in [0.1, 0.15) is 11.3 Å². The molecule has 1 amide bonds. The van der Waals surface area contributed by atoms with Crippen LogP contribution in [0.5, 0.6) is 0 Å². The second kappa shape index (κ2) is 9.70. The second-order valence-corrected chi connectivity index (χ2v) is 6.21. The summed E-state index contributed by atoms with van der Waals surface area (Å²) in [7, 11) is 0. The molecule has 0 saturated carbocycles. The number of rotatable bonds is 4. The molecule has 1 aliphatic heterocycles. The Labute approximate surface area is 162 Å². The van der Waals surface area contributed by atoms with Crippen molar-refractivity contribution in [2.45, 2.75) is 26.2 Å². The molecule has 2 aromatic heterocycles. The summed E-state index contributed by atoms with van der Waals surface area (Å²) >= 11 is 0. The van der Waals surface area contributed by atoms with Crippen LogP contribution in [0.2, 0.25) is 0 Å². The van der Waals surface area contributed by atoms with Crippen molar-refractivity contribution in [3.05, 3.63) is 38.2 Å². The molecule has 0 aromatic carbocycles. The summed E-state index contributed by atoms with van der Waals surface area (Å²) in [5.74, 6) is 0.283. The molecule has 3 heterocycles. The second-order valence-electron chi connectivity index (χ2n) is 6.21. The highest BCUT2D eigenvalue weighted by atomic mass is 35.5. The lowest BCUT2D eigenvalue weighted by Gasteiger charge is -2.22. The van der Waals surface area contributed by atoms with Gasteiger partial charge in [-0.1, -0.05) is 0 Å². The third kappa shape index (κ3) is 5.06. The van der Waals surface area contributed by atoms with Gasteiger partial charge in [0, 0.05) is 6.54 Å². The van der Waals surface area contributed by atoms with E-state index in [1.165, 1.54) is 12.8 Å². The van der Waals surface area contributed by atoms with Crippen molar-refractivity contribution < 1.29 is 4.79 Å². The highest BCUT2D eigenvalue weighted by Crippen LogP contribution is 2.13. The van der Waals surface area contributed by atoms with Crippen molar-refractivity contribution >= 4 is 41.8 Å². The SMILES string of the molecule is Cc1cc(C(=O)NCCC2CCCNC2)nc2[nH]c(=O)[nH]c(=O)c12.Cl.Cl. The van der Waals surface area contributed by atoms with E-state index in [-0.39, 0.29) is 42.1 Å². The van der Waals surface area contributed by atoms with Crippen molar-refractivity contribution in [3.63, 3.8) is 0 Å². The van der Waals surface area contributed by atoms with Crippen LogP contribution in [-0.4, -0.2) is 40.5 Å². The zero-order valence-corrected chi connectivity index (χ0v) is 16.0. The Kier molecular flexibility index (Phi) is 8.26. The van der Waals surface area contributed by atoms with Gasteiger partial charge in [-0.2, -0.15) is 0 Å². The number of halogens is 2. The van der Waals surface area contributed by atoms with Crippen molar-refractivity contribution in [3.8, 4) is 0 Å². The lowest BCUT2D eigenvalue weighted by Crippen LogP contribution is -2.33. The maximum absolute atomic E-state index is 12.3. The Morgan fingerprint density at radius 3 is 2.77 bits per heavy atom. The van der Waals surface area contributed by atoms with Crippen molar-refractivity contribution in [1.82, 2.24) is 25.6 Å². The number of carbonyl (C=O) groups excluding carboxylic acids is 1. The predicted octanol–water partition coefficient (Wildman–Crippen LogP) is 0.883. The third-order valence-corrected chi connectivity index (χ3v) is 4.37. The fourth-order valence-corrected chi connectivity index (χ4v) is 3.12. The number of aromatic amines is 2. The Bertz CT molecular complexity index is 874. The van der Waals surface area contributed by atoms with Gasteiger partial charge >= 0.3 is 5.69 Å². The topological polar surface area (TPSA) is 120 Å². The van der Waals surface area contributed by atoms with Gasteiger partial charge in [-0.3, -0.25) is 19.6 Å². The summed E-state index contributed by atoms with van der Waals surface area (Å²) in [6.45, 7) is 4.35. The van der Waals surface area contributed by atoms with E-state index in [2.05, 4.69) is 25.6 Å². The van der Waals surface area contributed by atoms with Gasteiger partial charge in [0.25, 0.3) is 11.5 Å². The van der Waals surface area contributed by atoms with Crippen LogP contribution >= 0.6 is 24.8 Å². The van der Waals surface area contributed by atoms with E-state index in [9.17, 15) is 14.4 Å². The number of amides is 1. The van der Waals surface area contributed by atoms with Crippen LogP contribution in [0.15, 0.2) is 15.7 Å².